The van der Waals surface area contributed by atoms with Gasteiger partial charge in [0, 0.05) is 31.7 Å². The quantitative estimate of drug-likeness (QED) is 0.477. The van der Waals surface area contributed by atoms with Gasteiger partial charge in [0.2, 0.25) is 0 Å². The highest BCUT2D eigenvalue weighted by Gasteiger charge is 2.32. The van der Waals surface area contributed by atoms with Crippen molar-refractivity contribution in [2.24, 2.45) is 0 Å². The van der Waals surface area contributed by atoms with Gasteiger partial charge in [0.15, 0.2) is 6.61 Å². The number of halogens is 1. The van der Waals surface area contributed by atoms with Crippen LogP contribution in [0.5, 0.6) is 11.5 Å². The molecule has 6 heteroatoms. The molecule has 1 saturated heterocycles. The summed E-state index contributed by atoms with van der Waals surface area (Å²) in [7, 11) is 0. The molecule has 0 aliphatic carbocycles. The van der Waals surface area contributed by atoms with E-state index in [1.807, 2.05) is 71.6 Å². The summed E-state index contributed by atoms with van der Waals surface area (Å²) in [6, 6.07) is 24.2. The minimum Gasteiger partial charge on any atom is -0.489 e. The number of hydrogen-bond acceptors (Lipinski definition) is 4. The van der Waals surface area contributed by atoms with E-state index < -0.39 is 0 Å². The molecule has 0 saturated carbocycles. The van der Waals surface area contributed by atoms with E-state index in [1.165, 1.54) is 12.1 Å². The van der Waals surface area contributed by atoms with Crippen LogP contribution in [-0.2, 0) is 17.9 Å². The fraction of sp³-hybridized carbons (Fsp3) is 0.321. The van der Waals surface area contributed by atoms with Crippen LogP contribution in [-0.4, -0.2) is 47.5 Å². The molecule has 1 heterocycles. The minimum atomic E-state index is -0.227. The van der Waals surface area contributed by atoms with Crippen molar-refractivity contribution in [1.29, 1.82) is 0 Å². The lowest BCUT2D eigenvalue weighted by molar-refractivity contribution is -0.139. The highest BCUT2D eigenvalue weighted by molar-refractivity contribution is 5.78. The number of hydrogen-bond donors (Lipinski definition) is 0. The summed E-state index contributed by atoms with van der Waals surface area (Å²) < 4.78 is 24.7. The summed E-state index contributed by atoms with van der Waals surface area (Å²) in [5.74, 6) is 1.14. The Balaban J connectivity index is 1.24. The molecule has 0 N–H and O–H groups in total. The largest absolute Gasteiger partial charge is 0.489 e. The van der Waals surface area contributed by atoms with E-state index in [1.54, 1.807) is 0 Å². The van der Waals surface area contributed by atoms with Crippen molar-refractivity contribution in [1.82, 2.24) is 9.80 Å². The van der Waals surface area contributed by atoms with Gasteiger partial charge in [0.05, 0.1) is 0 Å². The predicted octanol–water partition coefficient (Wildman–Crippen LogP) is 4.90. The van der Waals surface area contributed by atoms with E-state index in [2.05, 4.69) is 18.7 Å². The minimum absolute atomic E-state index is 0.000753. The van der Waals surface area contributed by atoms with Gasteiger partial charge in [-0.25, -0.2) is 4.39 Å². The summed E-state index contributed by atoms with van der Waals surface area (Å²) in [6.45, 7) is 6.81. The van der Waals surface area contributed by atoms with E-state index in [0.29, 0.717) is 18.9 Å². The number of ether oxygens (including phenoxy) is 2. The number of carbonyl (C=O) groups excluding carboxylic acids is 1. The standard InChI is InChI=1S/C28H31FN2O3/c1-21-17-31(22(2)16-30(21)18-23-8-10-25(29)11-9-23)28(32)20-34-27-14-12-26(13-15-27)33-19-24-6-4-3-5-7-24/h3-15,21-22H,16-20H2,1-2H3/t21-,22+/m1/s1. The van der Waals surface area contributed by atoms with Gasteiger partial charge in [0.1, 0.15) is 23.9 Å². The molecule has 0 unspecified atom stereocenters. The lowest BCUT2D eigenvalue weighted by atomic mass is 10.1. The molecule has 1 fully saturated rings. The fourth-order valence-electron chi connectivity index (χ4n) is 4.19. The Bertz CT molecular complexity index is 1060. The fourth-order valence-corrected chi connectivity index (χ4v) is 4.19. The van der Waals surface area contributed by atoms with E-state index in [-0.39, 0.29) is 30.4 Å². The zero-order valence-electron chi connectivity index (χ0n) is 19.7. The molecule has 34 heavy (non-hydrogen) atoms. The lowest BCUT2D eigenvalue weighted by Crippen LogP contribution is -2.58. The third kappa shape index (κ3) is 6.35. The molecule has 1 aliphatic heterocycles. The van der Waals surface area contributed by atoms with E-state index in [4.69, 9.17) is 9.47 Å². The molecule has 0 spiro atoms. The van der Waals surface area contributed by atoms with Crippen LogP contribution in [0, 0.1) is 5.82 Å². The monoisotopic (exact) mass is 462 g/mol. The predicted molar refractivity (Wildman–Crippen MR) is 130 cm³/mol. The number of nitrogens with zero attached hydrogens (tertiary/aromatic N) is 2. The summed E-state index contributed by atoms with van der Waals surface area (Å²) in [5.41, 5.74) is 2.18. The van der Waals surface area contributed by atoms with Crippen molar-refractivity contribution in [3.05, 3.63) is 95.8 Å². The van der Waals surface area contributed by atoms with Crippen LogP contribution in [0.25, 0.3) is 0 Å². The van der Waals surface area contributed by atoms with Gasteiger partial charge in [-0.3, -0.25) is 9.69 Å². The van der Waals surface area contributed by atoms with Crippen LogP contribution < -0.4 is 9.47 Å². The number of piperazine rings is 1. The Morgan fingerprint density at radius 3 is 2.15 bits per heavy atom. The van der Waals surface area contributed by atoms with Crippen molar-refractivity contribution in [2.75, 3.05) is 19.7 Å². The lowest BCUT2D eigenvalue weighted by Gasteiger charge is -2.44. The zero-order valence-corrected chi connectivity index (χ0v) is 19.7. The smallest absolute Gasteiger partial charge is 0.260 e. The Hall–Kier alpha value is -3.38. The second kappa shape index (κ2) is 11.2. The van der Waals surface area contributed by atoms with Crippen molar-refractivity contribution < 1.29 is 18.7 Å². The third-order valence-electron chi connectivity index (χ3n) is 6.17. The maximum atomic E-state index is 13.2. The first kappa shape index (κ1) is 23.8. The molecular weight excluding hydrogens is 431 g/mol. The average Bonchev–Trinajstić information content (AvgIpc) is 2.86. The van der Waals surface area contributed by atoms with Gasteiger partial charge in [-0.05, 0) is 61.4 Å². The summed E-state index contributed by atoms with van der Waals surface area (Å²) in [4.78, 5) is 17.1. The van der Waals surface area contributed by atoms with Crippen molar-refractivity contribution >= 4 is 5.91 Å². The van der Waals surface area contributed by atoms with Crippen molar-refractivity contribution in [3.8, 4) is 11.5 Å². The average molecular weight is 463 g/mol. The van der Waals surface area contributed by atoms with Crippen LogP contribution in [0.15, 0.2) is 78.9 Å². The molecule has 3 aromatic rings. The normalized spacial score (nSPS) is 18.5. The van der Waals surface area contributed by atoms with E-state index in [0.717, 1.165) is 30.0 Å². The van der Waals surface area contributed by atoms with Crippen LogP contribution in [0.4, 0.5) is 4.39 Å². The molecule has 0 radical (unpaired) electrons. The van der Waals surface area contributed by atoms with Gasteiger partial charge in [-0.15, -0.1) is 0 Å². The maximum absolute atomic E-state index is 13.2. The topological polar surface area (TPSA) is 42.0 Å². The number of benzene rings is 3. The molecule has 0 aromatic heterocycles. The molecule has 4 rings (SSSR count). The number of rotatable bonds is 8. The molecule has 1 aliphatic rings. The first-order chi connectivity index (χ1) is 16.5. The molecule has 0 bridgehead atoms. The van der Waals surface area contributed by atoms with Crippen LogP contribution >= 0.6 is 0 Å². The summed E-state index contributed by atoms with van der Waals surface area (Å²) in [5, 5.41) is 0. The van der Waals surface area contributed by atoms with Crippen LogP contribution in [0.1, 0.15) is 25.0 Å². The second-order valence-electron chi connectivity index (χ2n) is 8.83. The van der Waals surface area contributed by atoms with Crippen LogP contribution in [0.2, 0.25) is 0 Å². The Morgan fingerprint density at radius 1 is 0.824 bits per heavy atom. The highest BCUT2D eigenvalue weighted by Crippen LogP contribution is 2.21. The Morgan fingerprint density at radius 2 is 1.47 bits per heavy atom. The van der Waals surface area contributed by atoms with E-state index >= 15 is 0 Å². The van der Waals surface area contributed by atoms with Gasteiger partial charge in [-0.2, -0.15) is 0 Å². The van der Waals surface area contributed by atoms with Gasteiger partial charge >= 0.3 is 0 Å². The molecule has 5 nitrogen and oxygen atoms in total. The molecule has 2 atom stereocenters. The second-order valence-corrected chi connectivity index (χ2v) is 8.83. The first-order valence-corrected chi connectivity index (χ1v) is 11.7. The SMILES string of the molecule is C[C@@H]1CN(C(=O)COc2ccc(OCc3ccccc3)cc2)[C@@H](C)CN1Cc1ccc(F)cc1. The molecular formula is C28H31FN2O3. The molecule has 178 valence electrons. The first-order valence-electron chi connectivity index (χ1n) is 11.7. The Kier molecular flexibility index (Phi) is 7.80. The third-order valence-corrected chi connectivity index (χ3v) is 6.17. The molecule has 1 amide bonds. The van der Waals surface area contributed by atoms with E-state index in [9.17, 15) is 9.18 Å². The van der Waals surface area contributed by atoms with Crippen molar-refractivity contribution in [3.63, 3.8) is 0 Å². The van der Waals surface area contributed by atoms with Gasteiger partial charge in [0.25, 0.3) is 5.91 Å². The highest BCUT2D eigenvalue weighted by atomic mass is 19.1. The zero-order chi connectivity index (χ0) is 23.9. The maximum Gasteiger partial charge on any atom is 0.260 e. The van der Waals surface area contributed by atoms with Crippen LogP contribution in [0.3, 0.4) is 0 Å². The summed E-state index contributed by atoms with van der Waals surface area (Å²) >= 11 is 0. The van der Waals surface area contributed by atoms with Gasteiger partial charge < -0.3 is 14.4 Å². The number of carbonyl (C=O) groups is 1. The van der Waals surface area contributed by atoms with Crippen molar-refractivity contribution in [2.45, 2.75) is 39.1 Å². The molecule has 3 aromatic carbocycles. The number of amides is 1. The Labute approximate surface area is 200 Å². The van der Waals surface area contributed by atoms with Gasteiger partial charge in [-0.1, -0.05) is 42.5 Å². The summed E-state index contributed by atoms with van der Waals surface area (Å²) in [6.07, 6.45) is 0.